The largest absolute Gasteiger partial charge is 0.487 e. The van der Waals surface area contributed by atoms with Crippen molar-refractivity contribution in [3.05, 3.63) is 83.7 Å². The summed E-state index contributed by atoms with van der Waals surface area (Å²) >= 11 is 0. The van der Waals surface area contributed by atoms with E-state index in [1.165, 1.54) is 0 Å². The van der Waals surface area contributed by atoms with Gasteiger partial charge in [-0.05, 0) is 59.7 Å². The Morgan fingerprint density at radius 3 is 2.82 bits per heavy atom. The van der Waals surface area contributed by atoms with E-state index in [0.717, 1.165) is 70.2 Å². The molecule has 0 amide bonds. The van der Waals surface area contributed by atoms with Crippen molar-refractivity contribution in [3.8, 4) is 16.9 Å². The van der Waals surface area contributed by atoms with Crippen molar-refractivity contribution in [2.45, 2.75) is 32.9 Å². The van der Waals surface area contributed by atoms with Crippen molar-refractivity contribution in [2.24, 2.45) is 5.92 Å². The van der Waals surface area contributed by atoms with Crippen LogP contribution >= 0.6 is 0 Å². The number of aromatic nitrogens is 3. The summed E-state index contributed by atoms with van der Waals surface area (Å²) in [7, 11) is 0. The van der Waals surface area contributed by atoms with Crippen LogP contribution in [0.3, 0.4) is 0 Å². The van der Waals surface area contributed by atoms with E-state index in [9.17, 15) is 9.90 Å². The lowest BCUT2D eigenvalue weighted by Crippen LogP contribution is -2.12. The molecule has 1 fully saturated rings. The van der Waals surface area contributed by atoms with Crippen LogP contribution in [0.4, 0.5) is 5.82 Å². The average molecular weight is 523 g/mol. The molecule has 3 heterocycles. The van der Waals surface area contributed by atoms with Gasteiger partial charge in [0.2, 0.25) is 0 Å². The minimum absolute atomic E-state index is 0.0951. The number of nitrogen functional groups attached to an aromatic ring is 1. The number of ether oxygens (including phenoxy) is 2. The molecule has 3 aromatic carbocycles. The molecule has 0 aliphatic carbocycles. The summed E-state index contributed by atoms with van der Waals surface area (Å²) in [4.78, 5) is 15.7. The monoisotopic (exact) mass is 522 g/mol. The first-order valence-corrected chi connectivity index (χ1v) is 13.1. The van der Waals surface area contributed by atoms with Gasteiger partial charge in [0.1, 0.15) is 23.9 Å². The SMILES string of the molecule is Cc1cccc(OCc2nn(CC3CCOC3)c3ccc(-c4cccc5c(N)nccc45)cc23)c1CC(=O)O. The molecule has 8 nitrogen and oxygen atoms in total. The molecule has 1 aliphatic heterocycles. The molecule has 0 bridgehead atoms. The fourth-order valence-corrected chi connectivity index (χ4v) is 5.45. The van der Waals surface area contributed by atoms with Crippen LogP contribution < -0.4 is 10.5 Å². The molecule has 1 saturated heterocycles. The normalized spacial score (nSPS) is 15.3. The van der Waals surface area contributed by atoms with Crippen LogP contribution in [-0.2, 0) is 29.1 Å². The number of carboxylic acid groups (broad SMARTS) is 1. The Morgan fingerprint density at radius 2 is 2.00 bits per heavy atom. The van der Waals surface area contributed by atoms with Crippen molar-refractivity contribution < 1.29 is 19.4 Å². The number of anilines is 1. The second kappa shape index (κ2) is 10.4. The molecule has 6 rings (SSSR count). The Kier molecular flexibility index (Phi) is 6.62. The highest BCUT2D eigenvalue weighted by Crippen LogP contribution is 2.34. The third-order valence-corrected chi connectivity index (χ3v) is 7.49. The van der Waals surface area contributed by atoms with Gasteiger partial charge in [-0.15, -0.1) is 0 Å². The number of rotatable bonds is 8. The lowest BCUT2D eigenvalue weighted by molar-refractivity contribution is -0.136. The molecule has 0 radical (unpaired) electrons. The molecule has 5 aromatic rings. The Bertz CT molecular complexity index is 1690. The molecule has 1 aliphatic rings. The number of hydrogen-bond donors (Lipinski definition) is 2. The molecule has 0 spiro atoms. The number of nitrogens with zero attached hydrogens (tertiary/aromatic N) is 3. The number of pyridine rings is 1. The number of carbonyl (C=O) groups is 1. The predicted molar refractivity (Wildman–Crippen MR) is 151 cm³/mol. The van der Waals surface area contributed by atoms with E-state index in [1.807, 2.05) is 43.3 Å². The van der Waals surface area contributed by atoms with Crippen molar-refractivity contribution in [1.29, 1.82) is 0 Å². The fraction of sp³-hybridized carbons (Fsp3) is 0.258. The molecule has 0 saturated carbocycles. The Balaban J connectivity index is 1.41. The van der Waals surface area contributed by atoms with E-state index in [-0.39, 0.29) is 13.0 Å². The highest BCUT2D eigenvalue weighted by atomic mass is 16.5. The number of carboxylic acids is 1. The highest BCUT2D eigenvalue weighted by Gasteiger charge is 2.21. The van der Waals surface area contributed by atoms with Gasteiger partial charge in [-0.25, -0.2) is 4.98 Å². The van der Waals surface area contributed by atoms with E-state index >= 15 is 0 Å². The lowest BCUT2D eigenvalue weighted by Gasteiger charge is -2.12. The van der Waals surface area contributed by atoms with Gasteiger partial charge in [0.25, 0.3) is 0 Å². The molecule has 198 valence electrons. The average Bonchev–Trinajstić information content (AvgIpc) is 3.57. The summed E-state index contributed by atoms with van der Waals surface area (Å²) in [6.45, 7) is 4.40. The summed E-state index contributed by atoms with van der Waals surface area (Å²) in [6.07, 6.45) is 2.65. The highest BCUT2D eigenvalue weighted by molar-refractivity contribution is 6.02. The zero-order valence-electron chi connectivity index (χ0n) is 21.8. The van der Waals surface area contributed by atoms with Gasteiger partial charge in [-0.3, -0.25) is 9.48 Å². The van der Waals surface area contributed by atoms with Crippen molar-refractivity contribution in [1.82, 2.24) is 14.8 Å². The van der Waals surface area contributed by atoms with Crippen molar-refractivity contribution in [2.75, 3.05) is 18.9 Å². The zero-order chi connectivity index (χ0) is 26.9. The Hall–Kier alpha value is -4.43. The van der Waals surface area contributed by atoms with E-state index in [0.29, 0.717) is 23.0 Å². The summed E-state index contributed by atoms with van der Waals surface area (Å²) in [5.74, 6) is 0.594. The van der Waals surface area contributed by atoms with Gasteiger partial charge < -0.3 is 20.3 Å². The van der Waals surface area contributed by atoms with Gasteiger partial charge in [-0.1, -0.05) is 36.4 Å². The summed E-state index contributed by atoms with van der Waals surface area (Å²) in [5, 5.41) is 17.4. The maximum atomic E-state index is 11.5. The van der Waals surface area contributed by atoms with Gasteiger partial charge >= 0.3 is 5.97 Å². The first kappa shape index (κ1) is 24.9. The third kappa shape index (κ3) is 4.91. The van der Waals surface area contributed by atoms with E-state index in [1.54, 1.807) is 6.20 Å². The maximum Gasteiger partial charge on any atom is 0.307 e. The van der Waals surface area contributed by atoms with E-state index < -0.39 is 5.97 Å². The predicted octanol–water partition coefficient (Wildman–Crippen LogP) is 5.38. The van der Waals surface area contributed by atoms with Crippen LogP contribution in [-0.4, -0.2) is 39.1 Å². The quantitative estimate of drug-likeness (QED) is 0.281. The van der Waals surface area contributed by atoms with Gasteiger partial charge in [0.05, 0.1) is 18.5 Å². The van der Waals surface area contributed by atoms with Crippen molar-refractivity contribution in [3.63, 3.8) is 0 Å². The smallest absolute Gasteiger partial charge is 0.307 e. The van der Waals surface area contributed by atoms with Crippen LogP contribution in [0.15, 0.2) is 66.9 Å². The molecule has 1 atom stereocenters. The van der Waals surface area contributed by atoms with Crippen LogP contribution in [0.1, 0.15) is 23.2 Å². The molecular weight excluding hydrogens is 492 g/mol. The molecule has 3 N–H and O–H groups in total. The lowest BCUT2D eigenvalue weighted by atomic mass is 9.97. The zero-order valence-corrected chi connectivity index (χ0v) is 21.8. The standard InChI is InChI=1S/C31H30N4O4/c1-19-4-2-7-29(25(19)15-30(36)37)39-18-27-26-14-21(22-5-3-6-24-23(22)10-12-33-31(24)32)8-9-28(26)35(34-27)16-20-11-13-38-17-20/h2-10,12,14,20H,11,13,15-18H2,1H3,(H2,32,33)(H,36,37). The number of nitrogens with two attached hydrogens (primary N) is 1. The molecule has 1 unspecified atom stereocenters. The minimum atomic E-state index is -0.891. The first-order chi connectivity index (χ1) is 19.0. The van der Waals surface area contributed by atoms with Crippen LogP contribution in [0, 0.1) is 12.8 Å². The Morgan fingerprint density at radius 1 is 1.13 bits per heavy atom. The van der Waals surface area contributed by atoms with Gasteiger partial charge in [0, 0.05) is 41.6 Å². The second-order valence-corrected chi connectivity index (χ2v) is 10.1. The molecule has 2 aromatic heterocycles. The fourth-order valence-electron chi connectivity index (χ4n) is 5.45. The third-order valence-electron chi connectivity index (χ3n) is 7.49. The van der Waals surface area contributed by atoms with Gasteiger partial charge in [-0.2, -0.15) is 5.10 Å². The summed E-state index contributed by atoms with van der Waals surface area (Å²) < 4.78 is 13.9. The number of aryl methyl sites for hydroxylation is 1. The number of hydrogen-bond acceptors (Lipinski definition) is 6. The van der Waals surface area contributed by atoms with Crippen molar-refractivity contribution >= 4 is 33.5 Å². The summed E-state index contributed by atoms with van der Waals surface area (Å²) in [5.41, 5.74) is 11.7. The maximum absolute atomic E-state index is 11.5. The topological polar surface area (TPSA) is 112 Å². The number of fused-ring (bicyclic) bond motifs is 2. The van der Waals surface area contributed by atoms with E-state index in [2.05, 4.69) is 33.9 Å². The van der Waals surface area contributed by atoms with Crippen LogP contribution in [0.5, 0.6) is 5.75 Å². The molecule has 8 heteroatoms. The van der Waals surface area contributed by atoms with Crippen LogP contribution in [0.2, 0.25) is 0 Å². The Labute approximate surface area is 226 Å². The minimum Gasteiger partial charge on any atom is -0.487 e. The van der Waals surface area contributed by atoms with Crippen LogP contribution in [0.25, 0.3) is 32.8 Å². The number of benzene rings is 3. The second-order valence-electron chi connectivity index (χ2n) is 10.1. The molecule has 39 heavy (non-hydrogen) atoms. The number of aliphatic carboxylic acids is 1. The molecular formula is C31H30N4O4. The summed E-state index contributed by atoms with van der Waals surface area (Å²) in [6, 6.07) is 20.0. The van der Waals surface area contributed by atoms with Gasteiger partial charge in [0.15, 0.2) is 0 Å². The first-order valence-electron chi connectivity index (χ1n) is 13.1. The van der Waals surface area contributed by atoms with E-state index in [4.69, 9.17) is 20.3 Å².